The molecule has 1 fully saturated rings. The number of amides is 2. The van der Waals surface area contributed by atoms with Crippen LogP contribution in [0.25, 0.3) is 0 Å². The summed E-state index contributed by atoms with van der Waals surface area (Å²) < 4.78 is 26.9. The van der Waals surface area contributed by atoms with Crippen LogP contribution in [-0.2, 0) is 16.0 Å². The highest BCUT2D eigenvalue weighted by atomic mass is 32.1. The summed E-state index contributed by atoms with van der Waals surface area (Å²) in [6.07, 6.45) is 0.730. The number of anilines is 2. The maximum atomic E-state index is 13.9. The third-order valence-electron chi connectivity index (χ3n) is 3.98. The molecular weight excluding hydrogens is 362 g/mol. The first kappa shape index (κ1) is 18.4. The van der Waals surface area contributed by atoms with Gasteiger partial charge in [-0.15, -0.1) is 10.2 Å². The van der Waals surface area contributed by atoms with E-state index < -0.39 is 17.6 Å². The van der Waals surface area contributed by atoms with Crippen molar-refractivity contribution >= 4 is 34.0 Å². The van der Waals surface area contributed by atoms with Crippen molar-refractivity contribution in [2.75, 3.05) is 16.8 Å². The summed E-state index contributed by atoms with van der Waals surface area (Å²) in [7, 11) is 0. The van der Waals surface area contributed by atoms with E-state index in [4.69, 9.17) is 0 Å². The van der Waals surface area contributed by atoms with Gasteiger partial charge in [-0.05, 0) is 18.1 Å². The molecule has 138 valence electrons. The highest BCUT2D eigenvalue weighted by Gasteiger charge is 2.36. The van der Waals surface area contributed by atoms with Gasteiger partial charge in [-0.25, -0.2) is 8.78 Å². The van der Waals surface area contributed by atoms with Crippen molar-refractivity contribution in [2.45, 2.75) is 26.7 Å². The van der Waals surface area contributed by atoms with Crippen molar-refractivity contribution in [1.82, 2.24) is 10.2 Å². The summed E-state index contributed by atoms with van der Waals surface area (Å²) in [6, 6.07) is 3.00. The van der Waals surface area contributed by atoms with Gasteiger partial charge in [-0.3, -0.25) is 9.59 Å². The molecule has 0 bridgehead atoms. The molecule has 1 aliphatic rings. The number of benzene rings is 1. The number of rotatable bonds is 5. The third-order valence-corrected chi connectivity index (χ3v) is 4.84. The monoisotopic (exact) mass is 380 g/mol. The van der Waals surface area contributed by atoms with Crippen LogP contribution in [-0.4, -0.2) is 28.6 Å². The Hall–Kier alpha value is -2.42. The molecule has 0 radical (unpaired) electrons. The van der Waals surface area contributed by atoms with Crippen molar-refractivity contribution in [2.24, 2.45) is 11.8 Å². The summed E-state index contributed by atoms with van der Waals surface area (Å²) in [4.78, 5) is 25.7. The number of hydrogen-bond acceptors (Lipinski definition) is 5. The van der Waals surface area contributed by atoms with Crippen LogP contribution in [0.2, 0.25) is 0 Å². The average molecular weight is 380 g/mol. The van der Waals surface area contributed by atoms with Crippen molar-refractivity contribution in [3.05, 3.63) is 34.8 Å². The normalized spacial score (nSPS) is 17.2. The van der Waals surface area contributed by atoms with E-state index in [0.717, 1.165) is 17.5 Å². The van der Waals surface area contributed by atoms with Crippen LogP contribution in [0, 0.1) is 23.5 Å². The van der Waals surface area contributed by atoms with E-state index >= 15 is 0 Å². The Bertz CT molecular complexity index is 840. The summed E-state index contributed by atoms with van der Waals surface area (Å²) in [5.74, 6) is -2.51. The lowest BCUT2D eigenvalue weighted by molar-refractivity contribution is -0.122. The van der Waals surface area contributed by atoms with Gasteiger partial charge >= 0.3 is 0 Å². The Morgan fingerprint density at radius 2 is 2.15 bits per heavy atom. The molecule has 0 saturated carbocycles. The van der Waals surface area contributed by atoms with E-state index in [2.05, 4.69) is 29.4 Å². The highest BCUT2D eigenvalue weighted by Crippen LogP contribution is 2.29. The Morgan fingerprint density at radius 3 is 2.85 bits per heavy atom. The fraction of sp³-hybridized carbons (Fsp3) is 0.412. The number of carbonyl (C=O) groups excluding carboxylic acids is 2. The van der Waals surface area contributed by atoms with E-state index in [-0.39, 0.29) is 30.5 Å². The fourth-order valence-corrected chi connectivity index (χ4v) is 3.71. The molecule has 3 rings (SSSR count). The first-order valence-corrected chi connectivity index (χ1v) is 9.03. The molecule has 2 heterocycles. The number of nitrogens with one attached hydrogen (secondary N) is 1. The second kappa shape index (κ2) is 7.45. The molecule has 6 nitrogen and oxygen atoms in total. The average Bonchev–Trinajstić information content (AvgIpc) is 3.13. The minimum Gasteiger partial charge on any atom is -0.309 e. The van der Waals surface area contributed by atoms with Gasteiger partial charge in [0.25, 0.3) is 0 Å². The number of aromatic nitrogens is 2. The second-order valence-electron chi connectivity index (χ2n) is 6.59. The lowest BCUT2D eigenvalue weighted by Crippen LogP contribution is -2.28. The zero-order valence-electron chi connectivity index (χ0n) is 14.3. The SMILES string of the molecule is CC(C)Cc1nnc(NC(=O)C2CC(=O)N(c3ccc(F)cc3F)C2)s1. The van der Waals surface area contributed by atoms with E-state index in [1.54, 1.807) is 0 Å². The van der Waals surface area contributed by atoms with Crippen LogP contribution in [0.3, 0.4) is 0 Å². The van der Waals surface area contributed by atoms with Gasteiger partial charge in [-0.2, -0.15) is 0 Å². The molecule has 1 aromatic heterocycles. The molecule has 1 atom stereocenters. The molecule has 1 unspecified atom stereocenters. The van der Waals surface area contributed by atoms with E-state index in [0.29, 0.717) is 17.1 Å². The summed E-state index contributed by atoms with van der Waals surface area (Å²) in [6.45, 7) is 4.16. The molecule has 1 N–H and O–H groups in total. The van der Waals surface area contributed by atoms with Gasteiger partial charge in [0.05, 0.1) is 11.6 Å². The van der Waals surface area contributed by atoms with Crippen LogP contribution >= 0.6 is 11.3 Å². The topological polar surface area (TPSA) is 75.2 Å². The Morgan fingerprint density at radius 1 is 1.38 bits per heavy atom. The summed E-state index contributed by atoms with van der Waals surface area (Å²) in [5.41, 5.74) is -0.0261. The quantitative estimate of drug-likeness (QED) is 0.865. The smallest absolute Gasteiger partial charge is 0.231 e. The predicted octanol–water partition coefficient (Wildman–Crippen LogP) is 3.01. The lowest BCUT2D eigenvalue weighted by atomic mass is 10.1. The number of hydrogen-bond donors (Lipinski definition) is 1. The predicted molar refractivity (Wildman–Crippen MR) is 93.9 cm³/mol. The molecule has 26 heavy (non-hydrogen) atoms. The molecule has 2 amide bonds. The Balaban J connectivity index is 1.66. The van der Waals surface area contributed by atoms with Crippen molar-refractivity contribution in [3.8, 4) is 0 Å². The van der Waals surface area contributed by atoms with E-state index in [1.807, 2.05) is 0 Å². The minimum atomic E-state index is -0.832. The molecule has 0 spiro atoms. The third kappa shape index (κ3) is 4.04. The first-order valence-electron chi connectivity index (χ1n) is 8.22. The number of nitrogens with zero attached hydrogens (tertiary/aromatic N) is 3. The minimum absolute atomic E-state index is 0.0261. The van der Waals surface area contributed by atoms with E-state index in [9.17, 15) is 18.4 Å². The zero-order valence-corrected chi connectivity index (χ0v) is 15.1. The van der Waals surface area contributed by atoms with Gasteiger partial charge in [0, 0.05) is 25.5 Å². The molecule has 9 heteroatoms. The number of halogens is 2. The van der Waals surface area contributed by atoms with Crippen LogP contribution in [0.4, 0.5) is 19.6 Å². The van der Waals surface area contributed by atoms with E-state index in [1.165, 1.54) is 22.3 Å². The molecular formula is C17H18F2N4O2S. The van der Waals surface area contributed by atoms with Crippen LogP contribution in [0.1, 0.15) is 25.3 Å². The summed E-state index contributed by atoms with van der Waals surface area (Å²) >= 11 is 1.30. The largest absolute Gasteiger partial charge is 0.309 e. The first-order chi connectivity index (χ1) is 12.3. The molecule has 1 saturated heterocycles. The Labute approximate surface area is 153 Å². The zero-order chi connectivity index (χ0) is 18.8. The molecule has 2 aromatic rings. The van der Waals surface area contributed by atoms with Gasteiger partial charge in [0.2, 0.25) is 16.9 Å². The van der Waals surface area contributed by atoms with Gasteiger partial charge in [0.15, 0.2) is 0 Å². The molecule has 0 aliphatic carbocycles. The van der Waals surface area contributed by atoms with Crippen LogP contribution in [0.15, 0.2) is 18.2 Å². The molecule has 1 aromatic carbocycles. The molecule has 1 aliphatic heterocycles. The second-order valence-corrected chi connectivity index (χ2v) is 7.65. The van der Waals surface area contributed by atoms with Crippen LogP contribution in [0.5, 0.6) is 0 Å². The number of carbonyl (C=O) groups is 2. The summed E-state index contributed by atoms with van der Waals surface area (Å²) in [5, 5.41) is 11.8. The maximum absolute atomic E-state index is 13.9. The lowest BCUT2D eigenvalue weighted by Gasteiger charge is -2.17. The maximum Gasteiger partial charge on any atom is 0.231 e. The van der Waals surface area contributed by atoms with Gasteiger partial charge in [-0.1, -0.05) is 25.2 Å². The Kier molecular flexibility index (Phi) is 5.26. The van der Waals surface area contributed by atoms with Crippen molar-refractivity contribution in [3.63, 3.8) is 0 Å². The highest BCUT2D eigenvalue weighted by molar-refractivity contribution is 7.15. The van der Waals surface area contributed by atoms with Crippen LogP contribution < -0.4 is 10.2 Å². The standard InChI is InChI=1S/C17H18F2N4O2S/c1-9(2)5-14-21-22-17(26-14)20-16(25)10-6-15(24)23(8-10)13-4-3-11(18)7-12(13)19/h3-4,7,9-10H,5-6,8H2,1-2H3,(H,20,22,25). The van der Waals surface area contributed by atoms with Crippen molar-refractivity contribution < 1.29 is 18.4 Å². The van der Waals surface area contributed by atoms with Gasteiger partial charge in [0.1, 0.15) is 16.6 Å². The van der Waals surface area contributed by atoms with Gasteiger partial charge < -0.3 is 10.2 Å². The fourth-order valence-electron chi connectivity index (χ4n) is 2.76. The van der Waals surface area contributed by atoms with Crippen molar-refractivity contribution in [1.29, 1.82) is 0 Å².